The molecule has 146 valence electrons. The van der Waals surface area contributed by atoms with Crippen LogP contribution in [-0.4, -0.2) is 47.9 Å². The lowest BCUT2D eigenvalue weighted by Gasteiger charge is -2.23. The summed E-state index contributed by atoms with van der Waals surface area (Å²) in [6, 6.07) is 17.8. The van der Waals surface area contributed by atoms with Gasteiger partial charge in [0, 0.05) is 18.0 Å². The molecule has 3 aromatic rings. The zero-order valence-corrected chi connectivity index (χ0v) is 15.5. The highest BCUT2D eigenvalue weighted by molar-refractivity contribution is 5.98. The highest BCUT2D eigenvalue weighted by Gasteiger charge is 2.28. The summed E-state index contributed by atoms with van der Waals surface area (Å²) in [6.45, 7) is -0.0239. The van der Waals surface area contributed by atoms with E-state index in [4.69, 9.17) is 4.74 Å². The molecule has 2 amide bonds. The summed E-state index contributed by atoms with van der Waals surface area (Å²) >= 11 is 0. The molecule has 0 spiro atoms. The molecule has 0 aliphatic carbocycles. The normalized spacial score (nSPS) is 13.1. The Kier molecular flexibility index (Phi) is 6.41. The van der Waals surface area contributed by atoms with Crippen molar-refractivity contribution in [2.75, 3.05) is 13.8 Å². The van der Waals surface area contributed by atoms with Gasteiger partial charge in [-0.3, -0.25) is 9.59 Å². The molecule has 0 unspecified atom stereocenters. The molecule has 1 aromatic heterocycles. The van der Waals surface area contributed by atoms with E-state index in [1.807, 2.05) is 54.6 Å². The lowest BCUT2D eigenvalue weighted by atomic mass is 10.0. The van der Waals surface area contributed by atoms with Crippen LogP contribution in [0.5, 0.6) is 0 Å². The minimum Gasteiger partial charge on any atom is -0.381 e. The Bertz CT molecular complexity index is 906. The zero-order chi connectivity index (χ0) is 19.9. The molecule has 7 heteroatoms. The Morgan fingerprint density at radius 2 is 1.82 bits per heavy atom. The molecule has 4 N–H and O–H groups in total. The number of fused-ring (bicyclic) bond motifs is 1. The van der Waals surface area contributed by atoms with Crippen LogP contribution in [0.4, 0.5) is 0 Å². The first-order chi connectivity index (χ1) is 13.6. The van der Waals surface area contributed by atoms with Gasteiger partial charge in [0.25, 0.3) is 11.8 Å². The van der Waals surface area contributed by atoms with Gasteiger partial charge in [-0.15, -0.1) is 0 Å². The molecule has 0 aliphatic heterocycles. The number of rotatable bonds is 8. The van der Waals surface area contributed by atoms with E-state index in [2.05, 4.69) is 15.6 Å². The largest absolute Gasteiger partial charge is 0.381 e. The zero-order valence-electron chi connectivity index (χ0n) is 15.5. The molecular formula is C21H23N3O4. The Balaban J connectivity index is 1.78. The van der Waals surface area contributed by atoms with Gasteiger partial charge < -0.3 is 25.5 Å². The van der Waals surface area contributed by atoms with Crippen LogP contribution in [0.3, 0.4) is 0 Å². The van der Waals surface area contributed by atoms with Crippen LogP contribution in [0.15, 0.2) is 60.7 Å². The van der Waals surface area contributed by atoms with Gasteiger partial charge in [-0.25, -0.2) is 0 Å². The lowest BCUT2D eigenvalue weighted by Crippen LogP contribution is -2.52. The monoisotopic (exact) mass is 381 g/mol. The molecule has 1 heterocycles. The predicted octanol–water partition coefficient (Wildman–Crippen LogP) is 1.59. The summed E-state index contributed by atoms with van der Waals surface area (Å²) in [5, 5.41) is 16.7. The fourth-order valence-electron chi connectivity index (χ4n) is 2.98. The summed E-state index contributed by atoms with van der Waals surface area (Å²) in [6.07, 6.45) is -1.13. The number of benzene rings is 2. The Morgan fingerprint density at radius 3 is 2.54 bits per heavy atom. The van der Waals surface area contributed by atoms with E-state index in [9.17, 15) is 14.7 Å². The van der Waals surface area contributed by atoms with Crippen LogP contribution in [0.25, 0.3) is 10.9 Å². The summed E-state index contributed by atoms with van der Waals surface area (Å²) in [7, 11) is 1.44. The molecule has 0 saturated heterocycles. The number of H-pyrrole nitrogens is 1. The van der Waals surface area contributed by atoms with E-state index >= 15 is 0 Å². The first-order valence-electron chi connectivity index (χ1n) is 8.95. The number of methoxy groups -OCH3 is 1. The third-order valence-corrected chi connectivity index (χ3v) is 4.43. The van der Waals surface area contributed by atoms with Gasteiger partial charge in [0.15, 0.2) is 6.10 Å². The van der Waals surface area contributed by atoms with Crippen molar-refractivity contribution in [2.24, 2.45) is 0 Å². The molecule has 0 radical (unpaired) electrons. The number of hydrogen-bond acceptors (Lipinski definition) is 4. The van der Waals surface area contributed by atoms with Crippen LogP contribution in [0.1, 0.15) is 16.1 Å². The van der Waals surface area contributed by atoms with Crippen molar-refractivity contribution in [1.82, 2.24) is 15.6 Å². The Morgan fingerprint density at radius 1 is 1.11 bits per heavy atom. The van der Waals surface area contributed by atoms with Crippen LogP contribution >= 0.6 is 0 Å². The number of aromatic amines is 1. The van der Waals surface area contributed by atoms with Crippen molar-refractivity contribution in [1.29, 1.82) is 0 Å². The molecule has 28 heavy (non-hydrogen) atoms. The molecule has 7 nitrogen and oxygen atoms in total. The number of aromatic nitrogens is 1. The van der Waals surface area contributed by atoms with Gasteiger partial charge in [0.05, 0.1) is 6.04 Å². The quantitative estimate of drug-likeness (QED) is 0.445. The minimum atomic E-state index is -1.43. The van der Waals surface area contributed by atoms with Crippen molar-refractivity contribution < 1.29 is 19.4 Å². The number of aliphatic hydroxyl groups excluding tert-OH is 1. The molecule has 0 bridgehead atoms. The third kappa shape index (κ3) is 4.76. The second-order valence-electron chi connectivity index (χ2n) is 6.46. The molecular weight excluding hydrogens is 358 g/mol. The average molecular weight is 381 g/mol. The van der Waals surface area contributed by atoms with E-state index in [1.54, 1.807) is 6.07 Å². The summed E-state index contributed by atoms with van der Waals surface area (Å²) in [5.41, 5.74) is 2.09. The van der Waals surface area contributed by atoms with Gasteiger partial charge in [0.2, 0.25) is 0 Å². The molecule has 2 atom stereocenters. The van der Waals surface area contributed by atoms with Crippen molar-refractivity contribution in [3.8, 4) is 0 Å². The number of aliphatic hydroxyl groups is 1. The van der Waals surface area contributed by atoms with Crippen molar-refractivity contribution >= 4 is 22.7 Å². The summed E-state index contributed by atoms with van der Waals surface area (Å²) in [4.78, 5) is 28.0. The maximum absolute atomic E-state index is 12.7. The minimum absolute atomic E-state index is 0.0239. The standard InChI is InChI=1S/C21H23N3O4/c1-28-13-22-21(27)19(25)17(11-14-7-3-2-4-8-14)24-20(26)18-12-15-9-5-6-10-16(15)23-18/h2-10,12,17,19,23,25H,11,13H2,1H3,(H,22,27)(H,24,26)/t17-,19+/m0/s1. The topological polar surface area (TPSA) is 103 Å². The molecule has 3 rings (SSSR count). The highest BCUT2D eigenvalue weighted by atomic mass is 16.5. The average Bonchev–Trinajstić information content (AvgIpc) is 3.16. The Labute approximate surface area is 162 Å². The van der Waals surface area contributed by atoms with E-state index in [1.165, 1.54) is 7.11 Å². The fraction of sp³-hybridized carbons (Fsp3) is 0.238. The van der Waals surface area contributed by atoms with Gasteiger partial charge in [-0.05, 0) is 24.1 Å². The summed E-state index contributed by atoms with van der Waals surface area (Å²) in [5.74, 6) is -1.00. The van der Waals surface area contributed by atoms with Gasteiger partial charge in [-0.2, -0.15) is 0 Å². The third-order valence-electron chi connectivity index (χ3n) is 4.43. The molecule has 2 aromatic carbocycles. The van der Waals surface area contributed by atoms with Crippen molar-refractivity contribution in [3.63, 3.8) is 0 Å². The fourth-order valence-corrected chi connectivity index (χ4v) is 2.98. The number of hydrogen-bond donors (Lipinski definition) is 4. The first-order valence-corrected chi connectivity index (χ1v) is 8.95. The van der Waals surface area contributed by atoms with Crippen LogP contribution in [-0.2, 0) is 16.0 Å². The number of amides is 2. The maximum Gasteiger partial charge on any atom is 0.268 e. The van der Waals surface area contributed by atoms with E-state index in [0.29, 0.717) is 12.1 Å². The number of ether oxygens (including phenoxy) is 1. The van der Waals surface area contributed by atoms with Gasteiger partial charge in [0.1, 0.15) is 12.4 Å². The van der Waals surface area contributed by atoms with E-state index < -0.39 is 24.0 Å². The van der Waals surface area contributed by atoms with E-state index in [0.717, 1.165) is 16.5 Å². The second kappa shape index (κ2) is 9.16. The first kappa shape index (κ1) is 19.6. The number of nitrogens with one attached hydrogen (secondary N) is 3. The molecule has 0 fully saturated rings. The second-order valence-corrected chi connectivity index (χ2v) is 6.46. The maximum atomic E-state index is 12.7. The Hall–Kier alpha value is -3.16. The molecule has 0 aliphatic rings. The smallest absolute Gasteiger partial charge is 0.268 e. The lowest BCUT2D eigenvalue weighted by molar-refractivity contribution is -0.132. The molecule has 0 saturated carbocycles. The van der Waals surface area contributed by atoms with Crippen LogP contribution in [0, 0.1) is 0 Å². The number of carbonyl (C=O) groups excluding carboxylic acids is 2. The van der Waals surface area contributed by atoms with Crippen molar-refractivity contribution in [3.05, 3.63) is 71.9 Å². The SMILES string of the molecule is COCNC(=O)[C@H](O)[C@H](Cc1ccccc1)NC(=O)c1cc2ccccc2[nH]1. The van der Waals surface area contributed by atoms with Crippen LogP contribution in [0.2, 0.25) is 0 Å². The summed E-state index contributed by atoms with van der Waals surface area (Å²) < 4.78 is 4.81. The van der Waals surface area contributed by atoms with Gasteiger partial charge >= 0.3 is 0 Å². The van der Waals surface area contributed by atoms with E-state index in [-0.39, 0.29) is 6.73 Å². The van der Waals surface area contributed by atoms with Gasteiger partial charge in [-0.1, -0.05) is 48.5 Å². The predicted molar refractivity (Wildman–Crippen MR) is 106 cm³/mol. The van der Waals surface area contributed by atoms with Crippen LogP contribution < -0.4 is 10.6 Å². The number of carbonyl (C=O) groups is 2. The van der Waals surface area contributed by atoms with Crippen molar-refractivity contribution in [2.45, 2.75) is 18.6 Å². The highest BCUT2D eigenvalue weighted by Crippen LogP contribution is 2.15. The number of para-hydroxylation sites is 1.